The van der Waals surface area contributed by atoms with Gasteiger partial charge in [-0.15, -0.1) is 0 Å². The van der Waals surface area contributed by atoms with Crippen molar-refractivity contribution in [1.29, 1.82) is 0 Å². The quantitative estimate of drug-likeness (QED) is 0.770. The molecule has 27 heavy (non-hydrogen) atoms. The summed E-state index contributed by atoms with van der Waals surface area (Å²) < 4.78 is 7.45. The maximum absolute atomic E-state index is 12.8. The summed E-state index contributed by atoms with van der Waals surface area (Å²) in [5.74, 6) is -0.0913. The van der Waals surface area contributed by atoms with Gasteiger partial charge in [-0.1, -0.05) is 24.3 Å². The van der Waals surface area contributed by atoms with Gasteiger partial charge >= 0.3 is 5.97 Å². The Labute approximate surface area is 158 Å². The van der Waals surface area contributed by atoms with Gasteiger partial charge in [0.05, 0.1) is 6.04 Å². The minimum absolute atomic E-state index is 0.191. The molecular formula is C22H24N2O3. The van der Waals surface area contributed by atoms with Gasteiger partial charge in [-0.05, 0) is 50.4 Å². The van der Waals surface area contributed by atoms with E-state index in [1.165, 1.54) is 5.57 Å². The summed E-state index contributed by atoms with van der Waals surface area (Å²) in [5, 5.41) is 0. The lowest BCUT2D eigenvalue weighted by Crippen LogP contribution is -2.28. The Morgan fingerprint density at radius 2 is 2.00 bits per heavy atom. The Bertz CT molecular complexity index is 966. The molecule has 3 atom stereocenters. The van der Waals surface area contributed by atoms with Crippen LogP contribution < -0.4 is 5.56 Å². The SMILES string of the molecule is CN1C=C(CCC2(C)OC(=O)c3c2ccn(C2CC2)c3=O)C2C=CC=CC21. The van der Waals surface area contributed by atoms with E-state index in [2.05, 4.69) is 42.5 Å². The third kappa shape index (κ3) is 2.52. The number of nitrogens with zero attached hydrogens (tertiary/aromatic N) is 2. The molecule has 5 rings (SSSR count). The van der Waals surface area contributed by atoms with Gasteiger partial charge in [-0.3, -0.25) is 4.79 Å². The second-order valence-corrected chi connectivity index (χ2v) is 8.32. The normalized spacial score (nSPS) is 31.0. The number of hydrogen-bond donors (Lipinski definition) is 0. The van der Waals surface area contributed by atoms with Crippen LogP contribution in [0.3, 0.4) is 0 Å². The molecule has 0 spiro atoms. The molecule has 5 heteroatoms. The number of esters is 1. The Balaban J connectivity index is 1.41. The van der Waals surface area contributed by atoms with Crippen LogP contribution in [-0.2, 0) is 10.3 Å². The summed E-state index contributed by atoms with van der Waals surface area (Å²) in [4.78, 5) is 27.5. The molecule has 3 unspecified atom stereocenters. The Morgan fingerprint density at radius 1 is 1.22 bits per heavy atom. The highest BCUT2D eigenvalue weighted by atomic mass is 16.6. The number of cyclic esters (lactones) is 1. The standard InChI is InChI=1S/C22H24N2O3/c1-22(11-9-14-13-23(2)18-6-4-3-5-16(14)18)17-10-12-24(15-7-8-15)20(25)19(17)21(26)27-22/h3-6,10,12-13,15-16,18H,7-9,11H2,1-2H3. The molecule has 5 nitrogen and oxygen atoms in total. The number of pyridine rings is 1. The molecular weight excluding hydrogens is 340 g/mol. The average Bonchev–Trinajstić information content (AvgIpc) is 3.39. The summed E-state index contributed by atoms with van der Waals surface area (Å²) >= 11 is 0. The van der Waals surface area contributed by atoms with E-state index < -0.39 is 11.6 Å². The largest absolute Gasteiger partial charge is 0.451 e. The van der Waals surface area contributed by atoms with Crippen LogP contribution in [0.1, 0.15) is 54.6 Å². The van der Waals surface area contributed by atoms with Crippen LogP contribution in [0.15, 0.2) is 53.1 Å². The highest BCUT2D eigenvalue weighted by molar-refractivity contribution is 5.94. The molecule has 3 heterocycles. The van der Waals surface area contributed by atoms with E-state index in [-0.39, 0.29) is 17.2 Å². The van der Waals surface area contributed by atoms with E-state index in [4.69, 9.17) is 4.74 Å². The van der Waals surface area contributed by atoms with Gasteiger partial charge in [-0.25, -0.2) is 4.79 Å². The topological polar surface area (TPSA) is 51.5 Å². The minimum Gasteiger partial charge on any atom is -0.451 e. The molecule has 0 aromatic carbocycles. The molecule has 4 aliphatic rings. The number of aromatic nitrogens is 1. The van der Waals surface area contributed by atoms with Crippen molar-refractivity contribution in [2.24, 2.45) is 5.92 Å². The zero-order chi connectivity index (χ0) is 18.8. The summed E-state index contributed by atoms with van der Waals surface area (Å²) in [5.41, 5.74) is 1.41. The molecule has 2 aliphatic carbocycles. The first kappa shape index (κ1) is 16.6. The molecule has 1 aromatic rings. The van der Waals surface area contributed by atoms with Crippen LogP contribution in [0.4, 0.5) is 0 Å². The van der Waals surface area contributed by atoms with Crippen LogP contribution in [0.25, 0.3) is 0 Å². The van der Waals surface area contributed by atoms with Crippen LogP contribution >= 0.6 is 0 Å². The summed E-state index contributed by atoms with van der Waals surface area (Å²) in [7, 11) is 2.10. The van der Waals surface area contributed by atoms with E-state index >= 15 is 0 Å². The monoisotopic (exact) mass is 364 g/mol. The fourth-order valence-corrected chi connectivity index (χ4v) is 4.70. The molecule has 1 aromatic heterocycles. The van der Waals surface area contributed by atoms with Gasteiger partial charge in [0.1, 0.15) is 11.2 Å². The molecule has 0 radical (unpaired) electrons. The first-order chi connectivity index (χ1) is 13.0. The Morgan fingerprint density at radius 3 is 2.78 bits per heavy atom. The van der Waals surface area contributed by atoms with Gasteiger partial charge in [-0.2, -0.15) is 0 Å². The van der Waals surface area contributed by atoms with Crippen LogP contribution in [0.5, 0.6) is 0 Å². The minimum atomic E-state index is -0.736. The van der Waals surface area contributed by atoms with Crippen LogP contribution in [0.2, 0.25) is 0 Å². The highest BCUT2D eigenvalue weighted by Gasteiger charge is 2.45. The average molecular weight is 364 g/mol. The van der Waals surface area contributed by atoms with Crippen molar-refractivity contribution in [1.82, 2.24) is 9.47 Å². The van der Waals surface area contributed by atoms with Crippen molar-refractivity contribution in [3.8, 4) is 0 Å². The summed E-state index contributed by atoms with van der Waals surface area (Å²) in [6, 6.07) is 2.55. The number of hydrogen-bond acceptors (Lipinski definition) is 4. The number of rotatable bonds is 4. The zero-order valence-corrected chi connectivity index (χ0v) is 15.7. The van der Waals surface area contributed by atoms with Gasteiger partial charge in [0.15, 0.2) is 0 Å². The Kier molecular flexibility index (Phi) is 3.51. The van der Waals surface area contributed by atoms with E-state index in [9.17, 15) is 9.59 Å². The maximum Gasteiger partial charge on any atom is 0.345 e. The number of carbonyl (C=O) groups is 1. The molecule has 2 aliphatic heterocycles. The summed E-state index contributed by atoms with van der Waals surface area (Å²) in [6.45, 7) is 1.94. The van der Waals surface area contributed by atoms with Crippen molar-refractivity contribution in [3.05, 3.63) is 69.8 Å². The second-order valence-electron chi connectivity index (χ2n) is 8.32. The molecule has 0 N–H and O–H groups in total. The fourth-order valence-electron chi connectivity index (χ4n) is 4.70. The number of carbonyl (C=O) groups excluding carboxylic acids is 1. The lowest BCUT2D eigenvalue weighted by molar-refractivity contribution is -0.00306. The fraction of sp³-hybridized carbons (Fsp3) is 0.455. The van der Waals surface area contributed by atoms with Crippen molar-refractivity contribution in [3.63, 3.8) is 0 Å². The van der Waals surface area contributed by atoms with E-state index in [1.807, 2.05) is 19.2 Å². The van der Waals surface area contributed by atoms with Gasteiger partial charge in [0.25, 0.3) is 5.56 Å². The van der Waals surface area contributed by atoms with E-state index in [0.717, 1.165) is 24.8 Å². The predicted molar refractivity (Wildman–Crippen MR) is 102 cm³/mol. The Hall–Kier alpha value is -2.56. The molecule has 0 bridgehead atoms. The zero-order valence-electron chi connectivity index (χ0n) is 15.7. The molecule has 140 valence electrons. The number of ether oxygens (including phenoxy) is 1. The molecule has 1 fully saturated rings. The van der Waals surface area contributed by atoms with Gasteiger partial charge < -0.3 is 14.2 Å². The van der Waals surface area contributed by atoms with Gasteiger partial charge in [0.2, 0.25) is 0 Å². The van der Waals surface area contributed by atoms with Crippen molar-refractivity contribution in [2.75, 3.05) is 7.05 Å². The third-order valence-electron chi connectivity index (χ3n) is 6.42. The first-order valence-electron chi connectivity index (χ1n) is 9.74. The number of fused-ring (bicyclic) bond motifs is 2. The lowest BCUT2D eigenvalue weighted by Gasteiger charge is -2.27. The third-order valence-corrected chi connectivity index (χ3v) is 6.42. The second kappa shape index (κ2) is 5.72. The number of allylic oxidation sites excluding steroid dienone is 2. The molecule has 1 saturated carbocycles. The lowest BCUT2D eigenvalue weighted by atomic mass is 9.84. The van der Waals surface area contributed by atoms with Crippen molar-refractivity contribution in [2.45, 2.75) is 50.3 Å². The number of likely N-dealkylation sites (N-methyl/N-ethyl adjacent to an activating group) is 1. The van der Waals surface area contributed by atoms with Crippen LogP contribution in [0, 0.1) is 5.92 Å². The highest BCUT2D eigenvalue weighted by Crippen LogP contribution is 2.43. The van der Waals surface area contributed by atoms with Crippen molar-refractivity contribution < 1.29 is 9.53 Å². The maximum atomic E-state index is 12.8. The molecule has 0 saturated heterocycles. The van der Waals surface area contributed by atoms with Crippen molar-refractivity contribution >= 4 is 5.97 Å². The molecule has 0 amide bonds. The van der Waals surface area contributed by atoms with Crippen LogP contribution in [-0.4, -0.2) is 28.5 Å². The van der Waals surface area contributed by atoms with E-state index in [1.54, 1.807) is 4.57 Å². The van der Waals surface area contributed by atoms with Gasteiger partial charge in [0, 0.05) is 30.8 Å². The predicted octanol–water partition coefficient (Wildman–Crippen LogP) is 3.29. The smallest absolute Gasteiger partial charge is 0.345 e. The first-order valence-corrected chi connectivity index (χ1v) is 9.74. The van der Waals surface area contributed by atoms with E-state index in [0.29, 0.717) is 18.4 Å². The summed E-state index contributed by atoms with van der Waals surface area (Å²) in [6.07, 6.45) is 16.2.